The van der Waals surface area contributed by atoms with Gasteiger partial charge in [0.1, 0.15) is 11.6 Å². The normalized spacial score (nSPS) is 13.9. The summed E-state index contributed by atoms with van der Waals surface area (Å²) < 4.78 is 5.05. The molecule has 0 bridgehead atoms. The maximum atomic E-state index is 11.2. The van der Waals surface area contributed by atoms with Gasteiger partial charge in [-0.05, 0) is 33.6 Å². The summed E-state index contributed by atoms with van der Waals surface area (Å²) in [6, 6.07) is -0.619. The summed E-state index contributed by atoms with van der Waals surface area (Å²) >= 11 is 0. The van der Waals surface area contributed by atoms with Crippen molar-refractivity contribution in [3.8, 4) is 0 Å². The van der Waals surface area contributed by atoms with E-state index in [1.807, 2.05) is 0 Å². The molecule has 3 N–H and O–H groups in total. The predicted octanol–water partition coefficient (Wildman–Crippen LogP) is 0.428. The van der Waals surface area contributed by atoms with Gasteiger partial charge in [-0.1, -0.05) is 0 Å². The zero-order chi connectivity index (χ0) is 10.5. The van der Waals surface area contributed by atoms with Gasteiger partial charge in [-0.25, -0.2) is 0 Å². The fraction of sp³-hybridized carbons (Fsp3) is 0.889. The van der Waals surface area contributed by atoms with Crippen molar-refractivity contribution in [1.29, 1.82) is 0 Å². The van der Waals surface area contributed by atoms with Crippen LogP contribution in [0.25, 0.3) is 0 Å². The van der Waals surface area contributed by atoms with Crippen LogP contribution in [0.15, 0.2) is 0 Å². The number of carbonyl (C=O) groups excluding carboxylic acids is 1. The maximum Gasteiger partial charge on any atom is 0.323 e. The topological polar surface area (TPSA) is 72.5 Å². The first-order valence-electron chi connectivity index (χ1n) is 4.46. The molecule has 0 aromatic heterocycles. The molecule has 0 fully saturated rings. The lowest BCUT2D eigenvalue weighted by atomic mass is 10.1. The summed E-state index contributed by atoms with van der Waals surface area (Å²) in [4.78, 5) is 11.2. The van der Waals surface area contributed by atoms with E-state index in [-0.39, 0.29) is 6.61 Å². The van der Waals surface area contributed by atoms with Gasteiger partial charge in [-0.15, -0.1) is 0 Å². The van der Waals surface area contributed by atoms with Crippen molar-refractivity contribution in [2.24, 2.45) is 5.73 Å². The molecule has 13 heavy (non-hydrogen) atoms. The third kappa shape index (κ3) is 6.54. The van der Waals surface area contributed by atoms with Crippen LogP contribution in [0, 0.1) is 0 Å². The standard InChI is InChI=1S/C9H19NO3/c1-9(2,3)13-8(12)7(10)5-4-6-11/h7,11H,4-6,10H2,1-3H3. The van der Waals surface area contributed by atoms with Gasteiger partial charge in [-0.2, -0.15) is 0 Å². The smallest absolute Gasteiger partial charge is 0.323 e. The Balaban J connectivity index is 3.83. The molecule has 0 aliphatic rings. The monoisotopic (exact) mass is 189 g/mol. The van der Waals surface area contributed by atoms with Gasteiger partial charge in [0.2, 0.25) is 0 Å². The quantitative estimate of drug-likeness (QED) is 0.629. The maximum absolute atomic E-state index is 11.2. The highest BCUT2D eigenvalue weighted by atomic mass is 16.6. The lowest BCUT2D eigenvalue weighted by Crippen LogP contribution is -2.37. The SMILES string of the molecule is CC(C)(C)OC(=O)C(N)CCCO. The Hall–Kier alpha value is -0.610. The van der Waals surface area contributed by atoms with Crippen LogP contribution >= 0.6 is 0 Å². The molecule has 1 unspecified atom stereocenters. The largest absolute Gasteiger partial charge is 0.459 e. The zero-order valence-electron chi connectivity index (χ0n) is 8.54. The Kier molecular flexibility index (Phi) is 4.95. The zero-order valence-corrected chi connectivity index (χ0v) is 8.54. The molecule has 4 heteroatoms. The summed E-state index contributed by atoms with van der Waals surface area (Å²) in [5.41, 5.74) is 5.03. The molecule has 4 nitrogen and oxygen atoms in total. The van der Waals surface area contributed by atoms with Crippen LogP contribution in [0.2, 0.25) is 0 Å². The van der Waals surface area contributed by atoms with E-state index in [1.54, 1.807) is 20.8 Å². The number of aliphatic hydroxyl groups is 1. The van der Waals surface area contributed by atoms with Crippen molar-refractivity contribution in [1.82, 2.24) is 0 Å². The second kappa shape index (κ2) is 5.19. The lowest BCUT2D eigenvalue weighted by Gasteiger charge is -2.21. The van der Waals surface area contributed by atoms with Crippen molar-refractivity contribution < 1.29 is 14.6 Å². The molecule has 0 spiro atoms. The van der Waals surface area contributed by atoms with Gasteiger partial charge in [-0.3, -0.25) is 4.79 Å². The lowest BCUT2D eigenvalue weighted by molar-refractivity contribution is -0.156. The van der Waals surface area contributed by atoms with E-state index in [0.29, 0.717) is 12.8 Å². The van der Waals surface area contributed by atoms with Gasteiger partial charge in [0.25, 0.3) is 0 Å². The number of hydrogen-bond donors (Lipinski definition) is 2. The summed E-state index contributed by atoms with van der Waals surface area (Å²) in [5.74, 6) is -0.402. The Morgan fingerprint density at radius 1 is 1.54 bits per heavy atom. The Labute approximate surface area is 79.1 Å². The van der Waals surface area contributed by atoms with Crippen molar-refractivity contribution in [2.75, 3.05) is 6.61 Å². The molecule has 78 valence electrons. The summed E-state index contributed by atoms with van der Waals surface area (Å²) in [5, 5.41) is 8.52. The van der Waals surface area contributed by atoms with Gasteiger partial charge in [0.15, 0.2) is 0 Å². The summed E-state index contributed by atoms with van der Waals surface area (Å²) in [6.07, 6.45) is 0.992. The van der Waals surface area contributed by atoms with Gasteiger partial charge >= 0.3 is 5.97 Å². The highest BCUT2D eigenvalue weighted by molar-refractivity contribution is 5.75. The first-order chi connectivity index (χ1) is 5.87. The third-order valence-corrected chi connectivity index (χ3v) is 1.38. The molecule has 0 aliphatic carbocycles. The molecule has 0 rings (SSSR count). The fourth-order valence-electron chi connectivity index (χ4n) is 0.807. The second-order valence-corrected chi connectivity index (χ2v) is 4.01. The molecule has 0 aromatic rings. The van der Waals surface area contributed by atoms with Crippen LogP contribution in [0.1, 0.15) is 33.6 Å². The first-order valence-corrected chi connectivity index (χ1v) is 4.46. The minimum atomic E-state index is -0.619. The predicted molar refractivity (Wildman–Crippen MR) is 50.1 cm³/mol. The molecule has 0 radical (unpaired) electrons. The van der Waals surface area contributed by atoms with Crippen LogP contribution in [0.5, 0.6) is 0 Å². The van der Waals surface area contributed by atoms with E-state index < -0.39 is 17.6 Å². The third-order valence-electron chi connectivity index (χ3n) is 1.38. The van der Waals surface area contributed by atoms with Crippen molar-refractivity contribution in [3.63, 3.8) is 0 Å². The fourth-order valence-corrected chi connectivity index (χ4v) is 0.807. The van der Waals surface area contributed by atoms with Crippen LogP contribution in [-0.2, 0) is 9.53 Å². The summed E-state index contributed by atoms with van der Waals surface area (Å²) in [6.45, 7) is 5.44. The number of esters is 1. The number of hydrogen-bond acceptors (Lipinski definition) is 4. The number of rotatable bonds is 4. The Morgan fingerprint density at radius 2 is 2.08 bits per heavy atom. The van der Waals surface area contributed by atoms with E-state index in [1.165, 1.54) is 0 Å². The minimum absolute atomic E-state index is 0.0521. The summed E-state index contributed by atoms with van der Waals surface area (Å²) in [7, 11) is 0. The molecule has 0 aromatic carbocycles. The van der Waals surface area contributed by atoms with Crippen molar-refractivity contribution >= 4 is 5.97 Å². The number of ether oxygens (including phenoxy) is 1. The molecule has 0 saturated heterocycles. The minimum Gasteiger partial charge on any atom is -0.459 e. The number of carbonyl (C=O) groups is 1. The second-order valence-electron chi connectivity index (χ2n) is 4.01. The molecular weight excluding hydrogens is 170 g/mol. The molecule has 0 aliphatic heterocycles. The number of aliphatic hydroxyl groups excluding tert-OH is 1. The van der Waals surface area contributed by atoms with Crippen LogP contribution < -0.4 is 5.73 Å². The van der Waals surface area contributed by atoms with E-state index in [2.05, 4.69) is 0 Å². The molecule has 1 atom stereocenters. The first kappa shape index (κ1) is 12.4. The van der Waals surface area contributed by atoms with Gasteiger partial charge < -0.3 is 15.6 Å². The van der Waals surface area contributed by atoms with E-state index in [4.69, 9.17) is 15.6 Å². The highest BCUT2D eigenvalue weighted by Crippen LogP contribution is 2.09. The van der Waals surface area contributed by atoms with E-state index >= 15 is 0 Å². The molecule has 0 amide bonds. The van der Waals surface area contributed by atoms with Gasteiger partial charge in [0.05, 0.1) is 0 Å². The average molecular weight is 189 g/mol. The van der Waals surface area contributed by atoms with Crippen molar-refractivity contribution in [2.45, 2.75) is 45.3 Å². The molecular formula is C9H19NO3. The van der Waals surface area contributed by atoms with E-state index in [9.17, 15) is 4.79 Å². The van der Waals surface area contributed by atoms with Crippen LogP contribution in [0.4, 0.5) is 0 Å². The average Bonchev–Trinajstić information content (AvgIpc) is 1.96. The number of nitrogens with two attached hydrogens (primary N) is 1. The Morgan fingerprint density at radius 3 is 2.46 bits per heavy atom. The van der Waals surface area contributed by atoms with Crippen LogP contribution in [0.3, 0.4) is 0 Å². The van der Waals surface area contributed by atoms with E-state index in [0.717, 1.165) is 0 Å². The van der Waals surface area contributed by atoms with Crippen LogP contribution in [-0.4, -0.2) is 29.3 Å². The highest BCUT2D eigenvalue weighted by Gasteiger charge is 2.21. The van der Waals surface area contributed by atoms with Gasteiger partial charge in [0, 0.05) is 6.61 Å². The molecule has 0 saturated carbocycles. The Bertz CT molecular complexity index is 163. The molecule has 0 heterocycles. The van der Waals surface area contributed by atoms with Crippen molar-refractivity contribution in [3.05, 3.63) is 0 Å².